The van der Waals surface area contributed by atoms with E-state index in [0.29, 0.717) is 11.1 Å². The zero-order valence-corrected chi connectivity index (χ0v) is 22.0. The molecule has 0 aliphatic heterocycles. The molecule has 3 rings (SSSR count). The maximum Gasteiger partial charge on any atom is 0.417 e. The highest BCUT2D eigenvalue weighted by Crippen LogP contribution is 2.33. The molecule has 0 spiro atoms. The largest absolute Gasteiger partial charge is 0.457 e. The molecule has 2 amide bonds. The zero-order chi connectivity index (χ0) is 30.0. The van der Waals surface area contributed by atoms with Crippen LogP contribution in [-0.4, -0.2) is 18.6 Å². The number of alkyl halides is 3. The number of halogens is 3. The van der Waals surface area contributed by atoms with E-state index in [1.54, 1.807) is 30.3 Å². The van der Waals surface area contributed by atoms with Gasteiger partial charge in [-0.2, -0.15) is 18.4 Å². The van der Waals surface area contributed by atoms with Gasteiger partial charge in [0.05, 0.1) is 23.8 Å². The molecule has 0 radical (unpaired) electrons. The Kier molecular flexibility index (Phi) is 10.1. The molecule has 41 heavy (non-hydrogen) atoms. The third kappa shape index (κ3) is 8.63. The van der Waals surface area contributed by atoms with Crippen molar-refractivity contribution in [3.05, 3.63) is 108 Å². The van der Waals surface area contributed by atoms with E-state index < -0.39 is 29.3 Å². The summed E-state index contributed by atoms with van der Waals surface area (Å²) >= 11 is 0. The Morgan fingerprint density at radius 2 is 1.85 bits per heavy atom. The number of nitrogens with two attached hydrogens (primary N) is 1. The first-order valence-electron chi connectivity index (χ1n) is 12.4. The maximum absolute atomic E-state index is 13.3. The standard InChI is InChI=1S/C30H27F3N4O4/c1-3-5-13-40-29(39)37-27(35)17-24(6-4-2)41-25-12-10-19-7-8-20(14-22(19)15-25)28(38)36-23-11-9-21(18-34)26(16-23)30(31,32)33/h4,6-12,14-17H,2-3,5,13,35H2,1H3,(H,36,38)(H,37,39)/b24-6+,27-17+. The second-order valence-electron chi connectivity index (χ2n) is 8.67. The highest BCUT2D eigenvalue weighted by atomic mass is 19.4. The number of unbranched alkanes of at least 4 members (excludes halogenated alkanes) is 1. The van der Waals surface area contributed by atoms with Gasteiger partial charge in [-0.05, 0) is 65.7 Å². The number of carbonyl (C=O) groups excluding carboxylic acids is 2. The topological polar surface area (TPSA) is 126 Å². The van der Waals surface area contributed by atoms with E-state index in [-0.39, 0.29) is 29.4 Å². The number of allylic oxidation sites excluding steroid dienone is 3. The highest BCUT2D eigenvalue weighted by Gasteiger charge is 2.34. The molecule has 11 heteroatoms. The molecule has 3 aromatic rings. The summed E-state index contributed by atoms with van der Waals surface area (Å²) in [4.78, 5) is 24.7. The fourth-order valence-corrected chi connectivity index (χ4v) is 3.60. The van der Waals surface area contributed by atoms with Gasteiger partial charge in [0.25, 0.3) is 5.91 Å². The summed E-state index contributed by atoms with van der Waals surface area (Å²) in [6.45, 7) is 5.87. The van der Waals surface area contributed by atoms with Crippen molar-refractivity contribution in [3.8, 4) is 11.8 Å². The number of anilines is 1. The third-order valence-corrected chi connectivity index (χ3v) is 5.57. The van der Waals surface area contributed by atoms with Crippen molar-refractivity contribution in [2.45, 2.75) is 25.9 Å². The predicted octanol–water partition coefficient (Wildman–Crippen LogP) is 6.76. The second kappa shape index (κ2) is 13.7. The van der Waals surface area contributed by atoms with Crippen LogP contribution in [0.5, 0.6) is 5.75 Å². The Balaban J connectivity index is 1.78. The first kappa shape index (κ1) is 30.3. The Hall–Kier alpha value is -5.24. The number of nitriles is 1. The van der Waals surface area contributed by atoms with Gasteiger partial charge in [0, 0.05) is 17.3 Å². The monoisotopic (exact) mass is 564 g/mol. The van der Waals surface area contributed by atoms with Gasteiger partial charge in [0.1, 0.15) is 17.3 Å². The molecule has 0 aliphatic carbocycles. The third-order valence-electron chi connectivity index (χ3n) is 5.57. The van der Waals surface area contributed by atoms with Crippen molar-refractivity contribution < 1.29 is 32.2 Å². The molecule has 0 aliphatic rings. The van der Waals surface area contributed by atoms with E-state index in [1.165, 1.54) is 36.4 Å². The number of amides is 2. The van der Waals surface area contributed by atoms with Crippen LogP contribution in [0.1, 0.15) is 41.3 Å². The predicted molar refractivity (Wildman–Crippen MR) is 149 cm³/mol. The smallest absolute Gasteiger partial charge is 0.417 e. The molecule has 4 N–H and O–H groups in total. The van der Waals surface area contributed by atoms with Crippen molar-refractivity contribution in [1.82, 2.24) is 5.32 Å². The van der Waals surface area contributed by atoms with Gasteiger partial charge in [-0.15, -0.1) is 0 Å². The molecule has 0 heterocycles. The lowest BCUT2D eigenvalue weighted by Crippen LogP contribution is -2.28. The van der Waals surface area contributed by atoms with Gasteiger partial charge in [-0.25, -0.2) is 4.79 Å². The van der Waals surface area contributed by atoms with Crippen LogP contribution in [0.15, 0.2) is 91.0 Å². The summed E-state index contributed by atoms with van der Waals surface area (Å²) in [6.07, 6.45) is 0.518. The molecule has 0 saturated carbocycles. The van der Waals surface area contributed by atoms with Crippen LogP contribution in [-0.2, 0) is 10.9 Å². The normalized spacial score (nSPS) is 11.9. The van der Waals surface area contributed by atoms with E-state index >= 15 is 0 Å². The fraction of sp³-hybridized carbons (Fsp3) is 0.167. The lowest BCUT2D eigenvalue weighted by Gasteiger charge is -2.12. The lowest BCUT2D eigenvalue weighted by atomic mass is 10.1. The van der Waals surface area contributed by atoms with Crippen LogP contribution >= 0.6 is 0 Å². The van der Waals surface area contributed by atoms with Crippen LogP contribution in [0, 0.1) is 11.3 Å². The van der Waals surface area contributed by atoms with Crippen molar-refractivity contribution in [2.75, 3.05) is 11.9 Å². The zero-order valence-electron chi connectivity index (χ0n) is 22.0. The van der Waals surface area contributed by atoms with Crippen LogP contribution < -0.4 is 21.1 Å². The number of ether oxygens (including phenoxy) is 2. The minimum atomic E-state index is -4.75. The van der Waals surface area contributed by atoms with Gasteiger partial charge < -0.3 is 20.5 Å². The Bertz CT molecular complexity index is 1560. The number of carbonyl (C=O) groups is 2. The first-order chi connectivity index (χ1) is 19.5. The Morgan fingerprint density at radius 3 is 2.54 bits per heavy atom. The molecule has 0 aromatic heterocycles. The van der Waals surface area contributed by atoms with Gasteiger partial charge in [-0.3, -0.25) is 10.1 Å². The number of fused-ring (bicyclic) bond motifs is 1. The fourth-order valence-electron chi connectivity index (χ4n) is 3.60. The van der Waals surface area contributed by atoms with Crippen LogP contribution in [0.25, 0.3) is 10.8 Å². The highest BCUT2D eigenvalue weighted by molar-refractivity contribution is 6.06. The minimum absolute atomic E-state index is 0.0178. The average Bonchev–Trinajstić information content (AvgIpc) is 2.92. The molecular formula is C30H27F3N4O4. The van der Waals surface area contributed by atoms with Gasteiger partial charge >= 0.3 is 12.3 Å². The molecule has 0 fully saturated rings. The molecule has 0 bridgehead atoms. The molecule has 3 aromatic carbocycles. The summed E-state index contributed by atoms with van der Waals surface area (Å²) < 4.78 is 50.8. The molecule has 212 valence electrons. The van der Waals surface area contributed by atoms with E-state index in [4.69, 9.17) is 20.5 Å². The number of rotatable bonds is 10. The van der Waals surface area contributed by atoms with Gasteiger partial charge in [0.15, 0.2) is 0 Å². The SMILES string of the molecule is C=C/C=C(\C=C(/N)NC(=O)OCCCC)Oc1ccc2ccc(C(=O)Nc3ccc(C#N)c(C(F)(F)F)c3)cc2c1. The lowest BCUT2D eigenvalue weighted by molar-refractivity contribution is -0.137. The minimum Gasteiger partial charge on any atom is -0.457 e. The molecule has 0 atom stereocenters. The molecule has 0 saturated heterocycles. The van der Waals surface area contributed by atoms with Crippen LogP contribution in [0.3, 0.4) is 0 Å². The first-order valence-corrected chi connectivity index (χ1v) is 12.4. The van der Waals surface area contributed by atoms with Crippen molar-refractivity contribution in [2.24, 2.45) is 5.73 Å². The Morgan fingerprint density at radius 1 is 1.10 bits per heavy atom. The summed E-state index contributed by atoms with van der Waals surface area (Å²) in [5.74, 6) is -0.0349. The second-order valence-corrected chi connectivity index (χ2v) is 8.67. The summed E-state index contributed by atoms with van der Waals surface area (Å²) in [7, 11) is 0. The van der Waals surface area contributed by atoms with Gasteiger partial charge in [0.2, 0.25) is 0 Å². The van der Waals surface area contributed by atoms with Crippen LogP contribution in [0.4, 0.5) is 23.7 Å². The number of hydrogen-bond acceptors (Lipinski definition) is 6. The van der Waals surface area contributed by atoms with Crippen LogP contribution in [0.2, 0.25) is 0 Å². The van der Waals surface area contributed by atoms with Crippen molar-refractivity contribution in [3.63, 3.8) is 0 Å². The number of hydrogen-bond donors (Lipinski definition) is 3. The van der Waals surface area contributed by atoms with E-state index in [9.17, 15) is 22.8 Å². The van der Waals surface area contributed by atoms with E-state index in [1.807, 2.05) is 6.92 Å². The number of benzene rings is 3. The summed E-state index contributed by atoms with van der Waals surface area (Å²) in [5.41, 5.74) is 4.29. The molecular weight excluding hydrogens is 537 g/mol. The van der Waals surface area contributed by atoms with E-state index in [0.717, 1.165) is 30.4 Å². The van der Waals surface area contributed by atoms with Gasteiger partial charge in [-0.1, -0.05) is 38.1 Å². The Labute approximate surface area is 234 Å². The molecule has 0 unspecified atom stereocenters. The molecule has 8 nitrogen and oxygen atoms in total. The summed E-state index contributed by atoms with van der Waals surface area (Å²) in [6, 6.07) is 14.3. The van der Waals surface area contributed by atoms with Crippen molar-refractivity contribution >= 4 is 28.5 Å². The summed E-state index contributed by atoms with van der Waals surface area (Å²) in [5, 5.41) is 15.2. The average molecular weight is 565 g/mol. The maximum atomic E-state index is 13.3. The van der Waals surface area contributed by atoms with E-state index in [2.05, 4.69) is 17.2 Å². The van der Waals surface area contributed by atoms with Crippen molar-refractivity contribution in [1.29, 1.82) is 5.26 Å². The quantitative estimate of drug-likeness (QED) is 0.142. The number of nitrogens with zero attached hydrogens (tertiary/aromatic N) is 1. The number of alkyl carbamates (subject to hydrolysis) is 1. The number of nitrogens with one attached hydrogen (secondary N) is 2.